The highest BCUT2D eigenvalue weighted by molar-refractivity contribution is 6.67. The van der Waals surface area contributed by atoms with Gasteiger partial charge in [0.1, 0.15) is 30.8 Å². The maximum atomic E-state index is 14.8. The minimum atomic E-state index is -4.66. The second-order valence-corrected chi connectivity index (χ2v) is 29.7. The Morgan fingerprint density at radius 3 is 2.08 bits per heavy atom. The van der Waals surface area contributed by atoms with E-state index in [1.165, 1.54) is 64.6 Å². The topological polar surface area (TPSA) is 218 Å². The van der Waals surface area contributed by atoms with Crippen molar-refractivity contribution in [3.05, 3.63) is 95.3 Å². The summed E-state index contributed by atoms with van der Waals surface area (Å²) in [6.45, 7) is 20.7. The third-order valence-corrected chi connectivity index (χ3v) is 18.2. The fraction of sp³-hybridized carbons (Fsp3) is 0.580. The molecule has 2 aromatic carbocycles. The molecule has 17 nitrogen and oxygen atoms in total. The van der Waals surface area contributed by atoms with Crippen LogP contribution in [0.1, 0.15) is 169 Å². The molecule has 2 saturated heterocycles. The number of alkyl halides is 9. The summed E-state index contributed by atoms with van der Waals surface area (Å²) in [4.78, 5) is 100.0. The number of esters is 2. The van der Waals surface area contributed by atoms with Crippen LogP contribution in [0.3, 0.4) is 0 Å². The molecule has 0 saturated carbocycles. The van der Waals surface area contributed by atoms with Gasteiger partial charge in [0.25, 0.3) is 11.8 Å². The molecule has 3 aliphatic heterocycles. The van der Waals surface area contributed by atoms with E-state index in [4.69, 9.17) is 49.3 Å². The number of carbonyl (C=O) groups is 7. The Kier molecular flexibility index (Phi) is 26.4. The van der Waals surface area contributed by atoms with Crippen LogP contribution in [0, 0.1) is 46.3 Å². The van der Waals surface area contributed by atoms with Crippen LogP contribution in [0.2, 0.25) is 0 Å². The number of hydrogen-bond acceptors (Lipinski definition) is 13. The van der Waals surface area contributed by atoms with E-state index in [9.17, 15) is 59.9 Å². The number of amides is 4. The molecule has 5 bridgehead atoms. The van der Waals surface area contributed by atoms with Gasteiger partial charge in [-0.1, -0.05) is 158 Å². The number of allylic oxidation sites excluding steroid dienone is 2. The quantitative estimate of drug-likeness (QED) is 0.0525. The molecule has 0 spiro atoms. The average molecular weight is 1390 g/mol. The molecule has 522 valence electrons. The Bertz CT molecular complexity index is 3470. The molecular formula is C69H89Cl3F6N8O9. The van der Waals surface area contributed by atoms with Gasteiger partial charge in [-0.25, -0.2) is 15.8 Å². The van der Waals surface area contributed by atoms with E-state index in [1.807, 2.05) is 43.3 Å². The van der Waals surface area contributed by atoms with Crippen molar-refractivity contribution in [2.24, 2.45) is 46.3 Å². The minimum absolute atomic E-state index is 0.0357. The van der Waals surface area contributed by atoms with Crippen LogP contribution in [0.15, 0.2) is 72.8 Å². The summed E-state index contributed by atoms with van der Waals surface area (Å²) < 4.78 is 96.5. The lowest BCUT2D eigenvalue weighted by Gasteiger charge is -2.37. The second-order valence-electron chi connectivity index (χ2n) is 27.2. The zero-order valence-corrected chi connectivity index (χ0v) is 58.2. The maximum absolute atomic E-state index is 14.8. The van der Waals surface area contributed by atoms with Crippen molar-refractivity contribution >= 4 is 110 Å². The van der Waals surface area contributed by atoms with Crippen molar-refractivity contribution in [3.63, 3.8) is 0 Å². The molecule has 26 heteroatoms. The van der Waals surface area contributed by atoms with Gasteiger partial charge in [0.2, 0.25) is 15.6 Å². The number of ketones is 1. The molecule has 2 aromatic heterocycles. The van der Waals surface area contributed by atoms with Gasteiger partial charge in [-0.05, 0) is 117 Å². The predicted molar refractivity (Wildman–Crippen MR) is 355 cm³/mol. The van der Waals surface area contributed by atoms with Crippen molar-refractivity contribution in [3.8, 4) is 0 Å². The molecule has 4 N–H and O–H groups in total. The molecule has 4 amide bonds. The lowest BCUT2D eigenvalue weighted by Crippen LogP contribution is -2.60. The summed E-state index contributed by atoms with van der Waals surface area (Å²) in [5.74, 6) is -10.4. The number of nitrogens with zero attached hydrogens (tertiary/aromatic N) is 4. The number of Topliss-reactive ketones (excluding diaryl/α,β-unsaturated/α-hetero) is 1. The van der Waals surface area contributed by atoms with Crippen LogP contribution >= 0.6 is 34.8 Å². The van der Waals surface area contributed by atoms with E-state index in [1.54, 1.807) is 77.1 Å². The highest BCUT2D eigenvalue weighted by Gasteiger charge is 2.51. The van der Waals surface area contributed by atoms with E-state index >= 15 is 0 Å². The SMILES string of the molecule is CC(=O)O[C@H](C)c1ccc2ccc(/C=C/C(C)(C)[C@H](C[C@H](C(=O)N[C@@H](C)C(=O)N3CCC[C@@H](C(=O)OCC(Cl)(Cl)Cl)N3)C(C)C)C(F)(F)F)cc2n1.CC(C)[C@@H]1C[C@H](C(F)(F)F)C(C)(C)/C=C/c2ccc3ccc(nc3c2)[C@@H](C)CC(=O)[C@@H]2CCCN(N2)C(=O)[C@H](C)NC1=O. The number of hydrazine groups is 2. The molecule has 2 fully saturated rings. The first-order valence-corrected chi connectivity index (χ1v) is 33.2. The Morgan fingerprint density at radius 1 is 0.832 bits per heavy atom. The van der Waals surface area contributed by atoms with E-state index in [0.29, 0.717) is 60.1 Å². The molecule has 3 aliphatic rings. The lowest BCUT2D eigenvalue weighted by molar-refractivity contribution is -0.203. The summed E-state index contributed by atoms with van der Waals surface area (Å²) in [6, 6.07) is 14.7. The highest BCUT2D eigenvalue weighted by Crippen LogP contribution is 2.48. The van der Waals surface area contributed by atoms with Gasteiger partial charge < -0.3 is 20.1 Å². The monoisotopic (exact) mass is 1390 g/mol. The van der Waals surface area contributed by atoms with Crippen LogP contribution in [-0.4, -0.2) is 121 Å². The van der Waals surface area contributed by atoms with Crippen molar-refractivity contribution in [2.45, 2.75) is 187 Å². The number of nitrogens with one attached hydrogen (secondary N) is 4. The van der Waals surface area contributed by atoms with E-state index in [0.717, 1.165) is 16.5 Å². The van der Waals surface area contributed by atoms with Crippen LogP contribution in [0.5, 0.6) is 0 Å². The summed E-state index contributed by atoms with van der Waals surface area (Å²) in [6.07, 6.45) is -2.26. The molecule has 5 heterocycles. The number of ether oxygens (including phenoxy) is 2. The van der Waals surface area contributed by atoms with Crippen LogP contribution in [0.4, 0.5) is 26.3 Å². The Morgan fingerprint density at radius 2 is 1.46 bits per heavy atom. The predicted octanol–water partition coefficient (Wildman–Crippen LogP) is 13.8. The third-order valence-electron chi connectivity index (χ3n) is 17.9. The van der Waals surface area contributed by atoms with Gasteiger partial charge in [-0.3, -0.25) is 48.6 Å². The Labute approximate surface area is 566 Å². The first-order chi connectivity index (χ1) is 44.0. The second kappa shape index (κ2) is 32.3. The minimum Gasteiger partial charge on any atom is -0.460 e. The van der Waals surface area contributed by atoms with Gasteiger partial charge in [0.15, 0.2) is 5.78 Å². The standard InChI is InChI=1S/C36H46Cl3F3N4O6.C33H43F3N4O3/c1-20(2)26(31(48)43-21(3)32(49)46-16-8-9-28(45-46)33(50)51-19-35(37,38)39)18-30(36(40,41)42)34(6,7)15-14-24-10-11-25-12-13-27(44-29(25)17-24)22(4)52-23(5)47;1-19(2)24-18-29(33(34,35)36)32(5,6)14-13-22-9-10-23-11-12-25(38-27(23)17-22)20(3)16-28(41)26-8-7-15-40(39-26)31(43)21(4)37-30(24)42/h10-15,17,20-22,26,28,30,45H,8-9,16,18-19H2,1-7H3,(H,43,48);9-14,17,19-21,24,26,29,39H,7-8,15-16,18H2,1-6H3,(H,37,42)/b15-14+;14-13+/t21-,22+,26-,28-,30-;20-,21-,24-,26-,29-/m00/s1. The number of carbonyl (C=O) groups excluding carboxylic acids is 7. The molecular weight excluding hydrogens is 1310 g/mol. The fourth-order valence-corrected chi connectivity index (χ4v) is 12.3. The van der Waals surface area contributed by atoms with Crippen molar-refractivity contribution in [2.75, 3.05) is 19.7 Å². The molecule has 4 aromatic rings. The lowest BCUT2D eigenvalue weighted by atomic mass is 9.71. The zero-order valence-electron chi connectivity index (χ0n) is 55.9. The van der Waals surface area contributed by atoms with E-state index in [2.05, 4.69) is 26.5 Å². The van der Waals surface area contributed by atoms with E-state index < -0.39 is 148 Å². The van der Waals surface area contributed by atoms with Gasteiger partial charge in [-0.15, -0.1) is 0 Å². The first-order valence-electron chi connectivity index (χ1n) is 32.1. The van der Waals surface area contributed by atoms with Gasteiger partial charge >= 0.3 is 24.3 Å². The fourth-order valence-electron chi connectivity index (χ4n) is 12.1. The van der Waals surface area contributed by atoms with Gasteiger partial charge in [0.05, 0.1) is 34.6 Å². The summed E-state index contributed by atoms with van der Waals surface area (Å²) >= 11 is 16.9. The van der Waals surface area contributed by atoms with Crippen LogP contribution < -0.4 is 21.5 Å². The number of hydrogen-bond donors (Lipinski definition) is 4. The number of benzene rings is 2. The van der Waals surface area contributed by atoms with Crippen molar-refractivity contribution in [1.29, 1.82) is 0 Å². The Balaban J connectivity index is 0.000000306. The van der Waals surface area contributed by atoms with Gasteiger partial charge in [-0.2, -0.15) is 26.3 Å². The van der Waals surface area contributed by atoms with Crippen molar-refractivity contribution < 1.29 is 69.4 Å². The molecule has 0 unspecified atom stereocenters. The zero-order chi connectivity index (χ0) is 70.9. The first kappa shape index (κ1) is 77.6. The molecule has 0 radical (unpaired) electrons. The molecule has 0 aliphatic carbocycles. The number of pyridine rings is 2. The summed E-state index contributed by atoms with van der Waals surface area (Å²) in [5.41, 5.74) is 6.89. The number of aromatic nitrogens is 2. The maximum Gasteiger partial charge on any atom is 0.392 e. The third kappa shape index (κ3) is 21.8. The van der Waals surface area contributed by atoms with E-state index in [-0.39, 0.29) is 24.7 Å². The highest BCUT2D eigenvalue weighted by atomic mass is 35.6. The number of halogens is 9. The smallest absolute Gasteiger partial charge is 0.392 e. The van der Waals surface area contributed by atoms with Crippen molar-refractivity contribution in [1.82, 2.24) is 41.5 Å². The van der Waals surface area contributed by atoms with Gasteiger partial charge in [0, 0.05) is 60.7 Å². The Hall–Kier alpha value is -6.40. The molecule has 10 atom stereocenters. The number of fused-ring (bicyclic) bond motifs is 5. The summed E-state index contributed by atoms with van der Waals surface area (Å²) in [7, 11) is 0. The molecule has 7 rings (SSSR count). The summed E-state index contributed by atoms with van der Waals surface area (Å²) in [5, 5.41) is 9.49. The normalized spacial score (nSPS) is 22.9. The van der Waals surface area contributed by atoms with Crippen LogP contribution in [-0.2, 0) is 43.0 Å². The number of rotatable bonds is 14. The van der Waals surface area contributed by atoms with Crippen LogP contribution in [0.25, 0.3) is 34.0 Å². The molecule has 95 heavy (non-hydrogen) atoms. The average Bonchev–Trinajstić information content (AvgIpc) is 0.836. The largest absolute Gasteiger partial charge is 0.460 e.